The van der Waals surface area contributed by atoms with Gasteiger partial charge in [0, 0.05) is 36.9 Å². The molecule has 5 nitrogen and oxygen atoms in total. The summed E-state index contributed by atoms with van der Waals surface area (Å²) in [5, 5.41) is 8.28. The van der Waals surface area contributed by atoms with Crippen molar-refractivity contribution < 1.29 is 4.79 Å². The number of hydrogen-bond acceptors (Lipinski definition) is 3. The van der Waals surface area contributed by atoms with Crippen LogP contribution in [-0.4, -0.2) is 46.3 Å². The second-order valence-electron chi connectivity index (χ2n) is 5.57. The SMILES string of the molecule is C[C@H]1CNCCN1C(=O)c1cnn(Cc2ccccc2Cl)c1.Cl. The summed E-state index contributed by atoms with van der Waals surface area (Å²) >= 11 is 6.16. The first-order valence-electron chi connectivity index (χ1n) is 7.42. The number of amides is 1. The number of aromatic nitrogens is 2. The van der Waals surface area contributed by atoms with E-state index in [9.17, 15) is 4.79 Å². The van der Waals surface area contributed by atoms with Gasteiger partial charge in [-0.2, -0.15) is 5.10 Å². The standard InChI is InChI=1S/C16H19ClN4O.ClH/c1-12-8-18-6-7-21(12)16(22)14-9-19-20(11-14)10-13-4-2-3-5-15(13)17;/h2-5,9,11-12,18H,6-8,10H2,1H3;1H/t12-;/m0./s1. The zero-order valence-electron chi connectivity index (χ0n) is 12.9. The van der Waals surface area contributed by atoms with Crippen LogP contribution >= 0.6 is 24.0 Å². The summed E-state index contributed by atoms with van der Waals surface area (Å²) < 4.78 is 1.75. The zero-order chi connectivity index (χ0) is 15.5. The van der Waals surface area contributed by atoms with Gasteiger partial charge in [-0.25, -0.2) is 0 Å². The van der Waals surface area contributed by atoms with Gasteiger partial charge in [-0.3, -0.25) is 9.48 Å². The lowest BCUT2D eigenvalue weighted by molar-refractivity contribution is 0.0655. The molecular formula is C16H20Cl2N4O. The molecule has 2 heterocycles. The van der Waals surface area contributed by atoms with Crippen LogP contribution in [-0.2, 0) is 6.54 Å². The molecule has 1 aliphatic rings. The largest absolute Gasteiger partial charge is 0.333 e. The maximum absolute atomic E-state index is 12.6. The predicted molar refractivity (Wildman–Crippen MR) is 93.4 cm³/mol. The highest BCUT2D eigenvalue weighted by Gasteiger charge is 2.24. The van der Waals surface area contributed by atoms with Crippen molar-refractivity contribution in [1.82, 2.24) is 20.0 Å². The summed E-state index contributed by atoms with van der Waals surface area (Å²) in [4.78, 5) is 14.5. The van der Waals surface area contributed by atoms with Gasteiger partial charge in [0.2, 0.25) is 0 Å². The van der Waals surface area contributed by atoms with Crippen LogP contribution in [0.25, 0.3) is 0 Å². The third-order valence-corrected chi connectivity index (χ3v) is 4.30. The van der Waals surface area contributed by atoms with E-state index in [2.05, 4.69) is 17.3 Å². The predicted octanol–water partition coefficient (Wildman–Crippen LogP) is 2.44. The molecule has 3 rings (SSSR count). The van der Waals surface area contributed by atoms with Crippen molar-refractivity contribution >= 4 is 29.9 Å². The van der Waals surface area contributed by atoms with Crippen LogP contribution in [0.15, 0.2) is 36.7 Å². The van der Waals surface area contributed by atoms with E-state index in [4.69, 9.17) is 11.6 Å². The molecule has 1 aliphatic heterocycles. The quantitative estimate of drug-likeness (QED) is 0.920. The Kier molecular flexibility index (Phi) is 6.04. The summed E-state index contributed by atoms with van der Waals surface area (Å²) in [6.45, 7) is 5.02. The maximum atomic E-state index is 12.6. The van der Waals surface area contributed by atoms with E-state index in [1.165, 1.54) is 0 Å². The first-order valence-corrected chi connectivity index (χ1v) is 7.80. The molecule has 0 radical (unpaired) electrons. The highest BCUT2D eigenvalue weighted by molar-refractivity contribution is 6.31. The number of benzene rings is 1. The topological polar surface area (TPSA) is 50.2 Å². The van der Waals surface area contributed by atoms with Gasteiger partial charge in [0.05, 0.1) is 18.3 Å². The molecule has 1 aromatic carbocycles. The fourth-order valence-corrected chi connectivity index (χ4v) is 2.87. The van der Waals surface area contributed by atoms with Crippen molar-refractivity contribution in [2.24, 2.45) is 0 Å². The minimum atomic E-state index is 0. The summed E-state index contributed by atoms with van der Waals surface area (Å²) in [6.07, 6.45) is 3.42. The summed E-state index contributed by atoms with van der Waals surface area (Å²) in [5.74, 6) is 0.0411. The number of carbonyl (C=O) groups excluding carboxylic acids is 1. The summed E-state index contributed by atoms with van der Waals surface area (Å²) in [6, 6.07) is 7.86. The Bertz CT molecular complexity index is 674. The Labute approximate surface area is 147 Å². The molecule has 0 spiro atoms. The highest BCUT2D eigenvalue weighted by atomic mass is 35.5. The van der Waals surface area contributed by atoms with Gasteiger partial charge in [0.25, 0.3) is 5.91 Å². The molecule has 1 fully saturated rings. The lowest BCUT2D eigenvalue weighted by atomic mass is 10.2. The van der Waals surface area contributed by atoms with Crippen molar-refractivity contribution in [1.29, 1.82) is 0 Å². The Morgan fingerprint density at radius 1 is 1.43 bits per heavy atom. The molecule has 124 valence electrons. The van der Waals surface area contributed by atoms with Gasteiger partial charge < -0.3 is 10.2 Å². The average Bonchev–Trinajstić information content (AvgIpc) is 2.98. The van der Waals surface area contributed by atoms with Crippen LogP contribution in [0.1, 0.15) is 22.8 Å². The molecular weight excluding hydrogens is 335 g/mol. The van der Waals surface area contributed by atoms with Crippen LogP contribution in [0.3, 0.4) is 0 Å². The molecule has 23 heavy (non-hydrogen) atoms. The molecule has 2 aromatic rings. The molecule has 0 aliphatic carbocycles. The maximum Gasteiger partial charge on any atom is 0.257 e. The number of hydrogen-bond donors (Lipinski definition) is 1. The average molecular weight is 355 g/mol. The van der Waals surface area contributed by atoms with Gasteiger partial charge >= 0.3 is 0 Å². The molecule has 0 unspecified atom stereocenters. The lowest BCUT2D eigenvalue weighted by Gasteiger charge is -2.33. The second kappa shape index (κ2) is 7.81. The van der Waals surface area contributed by atoms with E-state index in [1.807, 2.05) is 29.2 Å². The Morgan fingerprint density at radius 2 is 2.22 bits per heavy atom. The number of halogens is 2. The second-order valence-corrected chi connectivity index (χ2v) is 5.98. The van der Waals surface area contributed by atoms with E-state index in [0.29, 0.717) is 17.1 Å². The third kappa shape index (κ3) is 4.05. The van der Waals surface area contributed by atoms with Gasteiger partial charge in [-0.15, -0.1) is 12.4 Å². The first-order chi connectivity index (χ1) is 10.6. The van der Waals surface area contributed by atoms with Gasteiger partial charge in [0.15, 0.2) is 0 Å². The molecule has 1 aromatic heterocycles. The van der Waals surface area contributed by atoms with Crippen molar-refractivity contribution in [2.45, 2.75) is 19.5 Å². The van der Waals surface area contributed by atoms with Crippen LogP contribution in [0.2, 0.25) is 5.02 Å². The van der Waals surface area contributed by atoms with E-state index < -0.39 is 0 Å². The van der Waals surface area contributed by atoms with E-state index in [-0.39, 0.29) is 24.4 Å². The Balaban J connectivity index is 0.00000192. The molecule has 1 amide bonds. The fraction of sp³-hybridized carbons (Fsp3) is 0.375. The van der Waals surface area contributed by atoms with Crippen LogP contribution in [0.5, 0.6) is 0 Å². The van der Waals surface area contributed by atoms with E-state index in [0.717, 1.165) is 25.2 Å². The first kappa shape index (κ1) is 17.8. The van der Waals surface area contributed by atoms with E-state index >= 15 is 0 Å². The number of nitrogens with one attached hydrogen (secondary N) is 1. The van der Waals surface area contributed by atoms with Crippen molar-refractivity contribution in [2.75, 3.05) is 19.6 Å². The minimum Gasteiger partial charge on any atom is -0.333 e. The lowest BCUT2D eigenvalue weighted by Crippen LogP contribution is -2.52. The number of carbonyl (C=O) groups is 1. The minimum absolute atomic E-state index is 0. The van der Waals surface area contributed by atoms with Gasteiger partial charge in [0.1, 0.15) is 0 Å². The highest BCUT2D eigenvalue weighted by Crippen LogP contribution is 2.16. The smallest absolute Gasteiger partial charge is 0.257 e. The van der Waals surface area contributed by atoms with Gasteiger partial charge in [-0.05, 0) is 18.6 Å². The fourth-order valence-electron chi connectivity index (χ4n) is 2.67. The molecule has 1 saturated heterocycles. The van der Waals surface area contributed by atoms with Crippen LogP contribution < -0.4 is 5.32 Å². The van der Waals surface area contributed by atoms with Crippen molar-refractivity contribution in [3.05, 3.63) is 52.8 Å². The Hall–Kier alpha value is -1.56. The molecule has 7 heteroatoms. The Morgan fingerprint density at radius 3 is 2.96 bits per heavy atom. The van der Waals surface area contributed by atoms with Crippen molar-refractivity contribution in [3.63, 3.8) is 0 Å². The molecule has 0 saturated carbocycles. The summed E-state index contributed by atoms with van der Waals surface area (Å²) in [5.41, 5.74) is 1.61. The number of piperazine rings is 1. The monoisotopic (exact) mass is 354 g/mol. The zero-order valence-corrected chi connectivity index (χ0v) is 14.5. The number of nitrogens with zero attached hydrogens (tertiary/aromatic N) is 3. The third-order valence-electron chi connectivity index (χ3n) is 3.93. The summed E-state index contributed by atoms with van der Waals surface area (Å²) in [7, 11) is 0. The van der Waals surface area contributed by atoms with Crippen LogP contribution in [0, 0.1) is 0 Å². The molecule has 1 atom stereocenters. The van der Waals surface area contributed by atoms with E-state index in [1.54, 1.807) is 17.1 Å². The molecule has 1 N–H and O–H groups in total. The van der Waals surface area contributed by atoms with Crippen molar-refractivity contribution in [3.8, 4) is 0 Å². The van der Waals surface area contributed by atoms with Crippen LogP contribution in [0.4, 0.5) is 0 Å². The van der Waals surface area contributed by atoms with Gasteiger partial charge in [-0.1, -0.05) is 29.8 Å². The normalized spacial score (nSPS) is 17.7. The molecule has 0 bridgehead atoms. The number of rotatable bonds is 3.